The molecule has 1 atom stereocenters. The number of pyridine rings is 1. The van der Waals surface area contributed by atoms with Gasteiger partial charge in [0.25, 0.3) is 5.56 Å². The van der Waals surface area contributed by atoms with E-state index in [0.29, 0.717) is 34.3 Å². The van der Waals surface area contributed by atoms with Gasteiger partial charge in [0, 0.05) is 23.4 Å². The first-order valence-electron chi connectivity index (χ1n) is 8.06. The lowest BCUT2D eigenvalue weighted by atomic mass is 9.83. The van der Waals surface area contributed by atoms with E-state index in [0.717, 1.165) is 0 Å². The number of benzene rings is 1. The smallest absolute Gasteiger partial charge is 0.256 e. The molecule has 0 fully saturated rings. The Morgan fingerprint density at radius 1 is 1.11 bits per heavy atom. The minimum Gasteiger partial charge on any atom is -0.496 e. The molecule has 8 heteroatoms. The lowest BCUT2D eigenvalue weighted by Gasteiger charge is -2.27. The van der Waals surface area contributed by atoms with E-state index < -0.39 is 5.92 Å². The van der Waals surface area contributed by atoms with Crippen LogP contribution in [0.15, 0.2) is 34.4 Å². The summed E-state index contributed by atoms with van der Waals surface area (Å²) in [5.41, 5.74) is 7.15. The first-order chi connectivity index (χ1) is 12.9. The van der Waals surface area contributed by atoms with Crippen LogP contribution in [0.1, 0.15) is 22.7 Å². The largest absolute Gasteiger partial charge is 0.496 e. The third-order valence-electron chi connectivity index (χ3n) is 4.40. The van der Waals surface area contributed by atoms with Gasteiger partial charge in [0.05, 0.1) is 32.8 Å². The second kappa shape index (κ2) is 6.96. The van der Waals surface area contributed by atoms with Gasteiger partial charge in [0.15, 0.2) is 11.5 Å². The van der Waals surface area contributed by atoms with Crippen molar-refractivity contribution in [3.8, 4) is 29.1 Å². The highest BCUT2D eigenvalue weighted by atomic mass is 16.5. The Labute approximate surface area is 155 Å². The third-order valence-corrected chi connectivity index (χ3v) is 4.40. The van der Waals surface area contributed by atoms with E-state index in [-0.39, 0.29) is 22.6 Å². The van der Waals surface area contributed by atoms with Gasteiger partial charge in [-0.25, -0.2) is 0 Å². The van der Waals surface area contributed by atoms with Crippen LogP contribution < -0.4 is 30.2 Å². The van der Waals surface area contributed by atoms with Crippen molar-refractivity contribution in [3.63, 3.8) is 0 Å². The van der Waals surface area contributed by atoms with Gasteiger partial charge in [-0.15, -0.1) is 0 Å². The molecule has 2 heterocycles. The number of hydrogen-bond donors (Lipinski definition) is 2. The summed E-state index contributed by atoms with van der Waals surface area (Å²) in [6.45, 7) is 1.73. The van der Waals surface area contributed by atoms with Gasteiger partial charge in [0.2, 0.25) is 5.88 Å². The number of methoxy groups -OCH3 is 3. The molecular formula is C19H19N3O5. The molecule has 0 saturated heterocycles. The fourth-order valence-electron chi connectivity index (χ4n) is 3.20. The molecule has 140 valence electrons. The number of ether oxygens (including phenoxy) is 4. The van der Waals surface area contributed by atoms with Crippen LogP contribution in [-0.2, 0) is 0 Å². The van der Waals surface area contributed by atoms with E-state index in [1.807, 2.05) is 0 Å². The molecule has 0 spiro atoms. The molecule has 0 bridgehead atoms. The number of fused-ring (bicyclic) bond motifs is 1. The van der Waals surface area contributed by atoms with Gasteiger partial charge in [-0.2, -0.15) is 5.26 Å². The van der Waals surface area contributed by atoms with E-state index in [1.165, 1.54) is 21.3 Å². The fraction of sp³-hybridized carbons (Fsp3) is 0.263. The number of aromatic nitrogens is 1. The number of rotatable bonds is 4. The number of nitrogens with one attached hydrogen (secondary N) is 1. The van der Waals surface area contributed by atoms with Crippen LogP contribution in [0.3, 0.4) is 0 Å². The van der Waals surface area contributed by atoms with Crippen LogP contribution in [-0.4, -0.2) is 26.3 Å². The Hall–Kier alpha value is -3.60. The molecule has 27 heavy (non-hydrogen) atoms. The van der Waals surface area contributed by atoms with Gasteiger partial charge in [0.1, 0.15) is 23.1 Å². The van der Waals surface area contributed by atoms with Crippen molar-refractivity contribution in [1.82, 2.24) is 4.98 Å². The second-order valence-electron chi connectivity index (χ2n) is 5.93. The number of nitrogens with zero attached hydrogens (tertiary/aromatic N) is 1. The first kappa shape index (κ1) is 18.2. The maximum atomic E-state index is 12.7. The number of allylic oxidation sites excluding steroid dienone is 1. The molecule has 8 nitrogen and oxygen atoms in total. The van der Waals surface area contributed by atoms with Crippen molar-refractivity contribution < 1.29 is 18.9 Å². The molecule has 1 aliphatic heterocycles. The van der Waals surface area contributed by atoms with Crippen LogP contribution in [0, 0.1) is 18.3 Å². The van der Waals surface area contributed by atoms with Gasteiger partial charge in [-0.3, -0.25) is 4.79 Å². The number of aromatic amines is 1. The monoisotopic (exact) mass is 369 g/mol. The fourth-order valence-corrected chi connectivity index (χ4v) is 3.20. The molecule has 1 aromatic heterocycles. The Bertz CT molecular complexity index is 1030. The van der Waals surface area contributed by atoms with E-state index in [4.69, 9.17) is 24.7 Å². The minimum atomic E-state index is -0.780. The highest BCUT2D eigenvalue weighted by Crippen LogP contribution is 2.46. The van der Waals surface area contributed by atoms with Gasteiger partial charge >= 0.3 is 0 Å². The van der Waals surface area contributed by atoms with E-state index in [1.54, 1.807) is 25.1 Å². The molecule has 0 saturated carbocycles. The van der Waals surface area contributed by atoms with Crippen LogP contribution in [0.25, 0.3) is 0 Å². The van der Waals surface area contributed by atoms with Crippen LogP contribution in [0.4, 0.5) is 0 Å². The normalized spacial score (nSPS) is 15.4. The molecular weight excluding hydrogens is 350 g/mol. The van der Waals surface area contributed by atoms with Gasteiger partial charge in [-0.05, 0) is 13.0 Å². The Kier molecular flexibility index (Phi) is 4.69. The average molecular weight is 369 g/mol. The molecule has 0 radical (unpaired) electrons. The van der Waals surface area contributed by atoms with E-state index in [2.05, 4.69) is 11.1 Å². The van der Waals surface area contributed by atoms with E-state index >= 15 is 0 Å². The van der Waals surface area contributed by atoms with Crippen LogP contribution in [0.5, 0.6) is 23.0 Å². The molecule has 0 unspecified atom stereocenters. The number of aryl methyl sites for hydroxylation is 1. The highest BCUT2D eigenvalue weighted by Gasteiger charge is 2.36. The lowest BCUT2D eigenvalue weighted by molar-refractivity contribution is 0.346. The molecule has 2 aromatic rings. The minimum absolute atomic E-state index is 0.0585. The Morgan fingerprint density at radius 3 is 2.33 bits per heavy atom. The second-order valence-corrected chi connectivity index (χ2v) is 5.93. The summed E-state index contributed by atoms with van der Waals surface area (Å²) in [6, 6.07) is 7.02. The van der Waals surface area contributed by atoms with E-state index in [9.17, 15) is 10.1 Å². The third kappa shape index (κ3) is 2.93. The maximum Gasteiger partial charge on any atom is 0.256 e. The SMILES string of the molecule is COc1cc(OC)c([C@@H]2C(C#N)=C(N)Oc3cc(C)[nH]c(=O)c32)cc1OC. The van der Waals surface area contributed by atoms with Crippen molar-refractivity contribution in [2.75, 3.05) is 21.3 Å². The van der Waals surface area contributed by atoms with Crippen molar-refractivity contribution in [1.29, 1.82) is 5.26 Å². The molecule has 3 rings (SSSR count). The molecule has 3 N–H and O–H groups in total. The summed E-state index contributed by atoms with van der Waals surface area (Å²) in [4.78, 5) is 15.4. The zero-order valence-electron chi connectivity index (χ0n) is 15.4. The summed E-state index contributed by atoms with van der Waals surface area (Å²) in [7, 11) is 4.49. The van der Waals surface area contributed by atoms with Crippen molar-refractivity contribution >= 4 is 0 Å². The summed E-state index contributed by atoms with van der Waals surface area (Å²) in [6.07, 6.45) is 0. The lowest BCUT2D eigenvalue weighted by Crippen LogP contribution is -2.28. The Balaban J connectivity index is 2.37. The standard InChI is InChI=1S/C19H19N3O5/c1-9-5-15-17(19(23)22-9)16(11(8-20)18(21)27-15)10-6-13(25-3)14(26-4)7-12(10)24-2/h5-7,16H,21H2,1-4H3,(H,22,23)/t16-/m1/s1. The van der Waals surface area contributed by atoms with Crippen molar-refractivity contribution in [2.24, 2.45) is 5.73 Å². The van der Waals surface area contributed by atoms with Crippen LogP contribution >= 0.6 is 0 Å². The topological polar surface area (TPSA) is 120 Å². The summed E-state index contributed by atoms with van der Waals surface area (Å²) in [5.74, 6) is 0.773. The molecule has 1 aliphatic rings. The van der Waals surface area contributed by atoms with Crippen LogP contribution in [0.2, 0.25) is 0 Å². The zero-order chi connectivity index (χ0) is 19.7. The number of nitrogens with two attached hydrogens (primary N) is 1. The number of nitriles is 1. The zero-order valence-corrected chi connectivity index (χ0v) is 15.4. The summed E-state index contributed by atoms with van der Waals surface area (Å²) >= 11 is 0. The van der Waals surface area contributed by atoms with Crippen molar-refractivity contribution in [3.05, 3.63) is 56.8 Å². The van der Waals surface area contributed by atoms with Gasteiger partial charge < -0.3 is 29.7 Å². The Morgan fingerprint density at radius 2 is 1.74 bits per heavy atom. The molecule has 1 aromatic carbocycles. The quantitative estimate of drug-likeness (QED) is 0.845. The molecule has 0 aliphatic carbocycles. The predicted molar refractivity (Wildman–Crippen MR) is 97.2 cm³/mol. The summed E-state index contributed by atoms with van der Waals surface area (Å²) < 4.78 is 21.7. The maximum absolute atomic E-state index is 12.7. The first-order valence-corrected chi connectivity index (χ1v) is 8.06. The number of H-pyrrole nitrogens is 1. The average Bonchev–Trinajstić information content (AvgIpc) is 2.65. The van der Waals surface area contributed by atoms with Crippen molar-refractivity contribution in [2.45, 2.75) is 12.8 Å². The highest BCUT2D eigenvalue weighted by molar-refractivity contribution is 5.61. The molecule has 0 amide bonds. The van der Waals surface area contributed by atoms with Gasteiger partial charge in [-0.1, -0.05) is 0 Å². The predicted octanol–water partition coefficient (Wildman–Crippen LogP) is 1.93. The number of hydrogen-bond acceptors (Lipinski definition) is 7. The summed E-state index contributed by atoms with van der Waals surface area (Å²) in [5, 5.41) is 9.68.